The summed E-state index contributed by atoms with van der Waals surface area (Å²) >= 11 is 0. The van der Waals surface area contributed by atoms with Gasteiger partial charge in [0.15, 0.2) is 0 Å². The van der Waals surface area contributed by atoms with Crippen LogP contribution in [0.2, 0.25) is 0 Å². The Morgan fingerprint density at radius 2 is 1.80 bits per heavy atom. The predicted molar refractivity (Wildman–Crippen MR) is 80.4 cm³/mol. The molecule has 0 aromatic heterocycles. The van der Waals surface area contributed by atoms with Crippen molar-refractivity contribution in [2.75, 3.05) is 26.2 Å². The van der Waals surface area contributed by atoms with Crippen LogP contribution in [0.3, 0.4) is 0 Å². The van der Waals surface area contributed by atoms with Crippen LogP contribution in [0.5, 0.6) is 0 Å². The van der Waals surface area contributed by atoms with Gasteiger partial charge in [-0.1, -0.05) is 19.1 Å². The Balaban J connectivity index is 1.80. The lowest BCUT2D eigenvalue weighted by atomic mass is 10.2. The van der Waals surface area contributed by atoms with Crippen molar-refractivity contribution in [3.63, 3.8) is 0 Å². The van der Waals surface area contributed by atoms with Crippen LogP contribution >= 0.6 is 0 Å². The second kappa shape index (κ2) is 7.20. The number of rotatable bonds is 7. The van der Waals surface area contributed by atoms with Crippen molar-refractivity contribution in [2.45, 2.75) is 37.5 Å². The molecule has 1 aliphatic rings. The first kappa shape index (κ1) is 15.5. The van der Waals surface area contributed by atoms with E-state index in [9.17, 15) is 8.42 Å². The summed E-state index contributed by atoms with van der Waals surface area (Å²) in [6.07, 6.45) is 4.45. The average molecular weight is 297 g/mol. The van der Waals surface area contributed by atoms with E-state index < -0.39 is 10.0 Å². The largest absolute Gasteiger partial charge is 0.335 e. The van der Waals surface area contributed by atoms with E-state index in [0.717, 1.165) is 24.9 Å². The van der Waals surface area contributed by atoms with Gasteiger partial charge in [-0.15, -0.1) is 0 Å². The van der Waals surface area contributed by atoms with Gasteiger partial charge < -0.3 is 4.90 Å². The molecule has 1 aromatic carbocycles. The highest BCUT2D eigenvalue weighted by Gasteiger charge is 2.16. The van der Waals surface area contributed by atoms with Crippen LogP contribution in [0, 0.1) is 0 Å². The Bertz CT molecular complexity index is 505. The summed E-state index contributed by atoms with van der Waals surface area (Å²) in [7, 11) is -3.34. The van der Waals surface area contributed by atoms with Crippen molar-refractivity contribution in [2.24, 2.45) is 0 Å². The molecule has 4 nitrogen and oxygen atoms in total. The summed E-state index contributed by atoms with van der Waals surface area (Å²) in [5.74, 6) is 0. The summed E-state index contributed by atoms with van der Waals surface area (Å²) < 4.78 is 26.9. The topological polar surface area (TPSA) is 50.6 Å². The van der Waals surface area contributed by atoms with Crippen molar-refractivity contribution >= 4 is 10.0 Å². The highest BCUT2D eigenvalue weighted by Crippen LogP contribution is 2.10. The molecular formula is C15H25N2O2S+. The Hall–Kier alpha value is -0.910. The molecule has 1 fully saturated rings. The van der Waals surface area contributed by atoms with Crippen molar-refractivity contribution in [3.8, 4) is 0 Å². The maximum Gasteiger partial charge on any atom is 0.240 e. The van der Waals surface area contributed by atoms with Gasteiger partial charge in [-0.2, -0.15) is 0 Å². The third-order valence-electron chi connectivity index (χ3n) is 3.95. The van der Waals surface area contributed by atoms with Gasteiger partial charge in [0.2, 0.25) is 10.0 Å². The number of hydrogen-bond donors (Lipinski definition) is 2. The van der Waals surface area contributed by atoms with E-state index in [0.29, 0.717) is 11.4 Å². The first-order valence-corrected chi connectivity index (χ1v) is 9.02. The average Bonchev–Trinajstić information content (AvgIpc) is 2.97. The maximum absolute atomic E-state index is 12.1. The van der Waals surface area contributed by atoms with Crippen molar-refractivity contribution in [3.05, 3.63) is 29.8 Å². The lowest BCUT2D eigenvalue weighted by Gasteiger charge is -2.12. The summed E-state index contributed by atoms with van der Waals surface area (Å²) in [4.78, 5) is 1.97. The highest BCUT2D eigenvalue weighted by molar-refractivity contribution is 7.89. The van der Waals surface area contributed by atoms with E-state index >= 15 is 0 Å². The third-order valence-corrected chi connectivity index (χ3v) is 5.43. The molecule has 2 N–H and O–H groups in total. The minimum atomic E-state index is -3.34. The van der Waals surface area contributed by atoms with Crippen LogP contribution in [-0.2, 0) is 16.4 Å². The molecule has 1 saturated heterocycles. The molecule has 2 rings (SSSR count). The molecule has 1 heterocycles. The Morgan fingerprint density at radius 3 is 2.40 bits per heavy atom. The zero-order valence-electron chi connectivity index (χ0n) is 12.2. The van der Waals surface area contributed by atoms with Crippen LogP contribution in [0.1, 0.15) is 31.7 Å². The number of quaternary nitrogens is 1. The van der Waals surface area contributed by atoms with E-state index in [1.54, 1.807) is 17.0 Å². The number of nitrogens with one attached hydrogen (secondary N) is 2. The zero-order valence-corrected chi connectivity index (χ0v) is 13.0. The summed E-state index contributed by atoms with van der Waals surface area (Å²) in [6.45, 7) is 6.14. The molecule has 0 radical (unpaired) electrons. The number of hydrogen-bond acceptors (Lipinski definition) is 2. The van der Waals surface area contributed by atoms with Gasteiger partial charge in [0, 0.05) is 25.8 Å². The van der Waals surface area contributed by atoms with E-state index in [1.165, 1.54) is 25.9 Å². The van der Waals surface area contributed by atoms with Gasteiger partial charge in [-0.25, -0.2) is 13.1 Å². The van der Waals surface area contributed by atoms with Crippen LogP contribution in [0.4, 0.5) is 0 Å². The first-order chi connectivity index (χ1) is 9.62. The zero-order chi connectivity index (χ0) is 14.4. The van der Waals surface area contributed by atoms with Gasteiger partial charge in [-0.3, -0.25) is 0 Å². The molecular weight excluding hydrogens is 272 g/mol. The molecule has 0 atom stereocenters. The second-order valence-electron chi connectivity index (χ2n) is 5.46. The molecule has 0 amide bonds. The second-order valence-corrected chi connectivity index (χ2v) is 7.22. The fraction of sp³-hybridized carbons (Fsp3) is 0.600. The Morgan fingerprint density at radius 1 is 1.15 bits per heavy atom. The van der Waals surface area contributed by atoms with Crippen LogP contribution in [-0.4, -0.2) is 34.6 Å². The van der Waals surface area contributed by atoms with Gasteiger partial charge in [0.1, 0.15) is 0 Å². The third kappa shape index (κ3) is 4.30. The molecule has 5 heteroatoms. The minimum Gasteiger partial charge on any atom is -0.335 e. The quantitative estimate of drug-likeness (QED) is 0.724. The van der Waals surface area contributed by atoms with E-state index in [1.807, 2.05) is 12.1 Å². The Labute approximate surface area is 122 Å². The van der Waals surface area contributed by atoms with Gasteiger partial charge >= 0.3 is 0 Å². The maximum atomic E-state index is 12.1. The normalized spacial score (nSPS) is 16.6. The van der Waals surface area contributed by atoms with Gasteiger partial charge in [0.05, 0.1) is 24.5 Å². The van der Waals surface area contributed by atoms with E-state index in [2.05, 4.69) is 11.6 Å². The summed E-state index contributed by atoms with van der Waals surface area (Å²) in [5.41, 5.74) is 1.15. The summed E-state index contributed by atoms with van der Waals surface area (Å²) in [6, 6.07) is 7.13. The highest BCUT2D eigenvalue weighted by atomic mass is 32.2. The SMILES string of the molecule is CCc1ccc(S(=O)(=O)NCCC[NH+]2CCCC2)cc1. The van der Waals surface area contributed by atoms with Gasteiger partial charge in [-0.05, 0) is 24.1 Å². The van der Waals surface area contributed by atoms with Gasteiger partial charge in [0.25, 0.3) is 0 Å². The lowest BCUT2D eigenvalue weighted by molar-refractivity contribution is -0.887. The number of likely N-dealkylation sites (tertiary alicyclic amines) is 1. The monoisotopic (exact) mass is 297 g/mol. The fourth-order valence-corrected chi connectivity index (χ4v) is 3.73. The van der Waals surface area contributed by atoms with Crippen LogP contribution < -0.4 is 9.62 Å². The van der Waals surface area contributed by atoms with Crippen molar-refractivity contribution < 1.29 is 13.3 Å². The standard InChI is InChI=1S/C15H24N2O2S/c1-2-14-6-8-15(9-7-14)20(18,19)16-10-5-13-17-11-3-4-12-17/h6-9,16H,2-5,10-13H2,1H3/p+1. The fourth-order valence-electron chi connectivity index (χ4n) is 2.66. The summed E-state index contributed by atoms with van der Waals surface area (Å²) in [5, 5.41) is 0. The molecule has 1 aromatic rings. The smallest absolute Gasteiger partial charge is 0.240 e. The van der Waals surface area contributed by atoms with Crippen molar-refractivity contribution in [1.29, 1.82) is 0 Å². The number of aryl methyl sites for hydroxylation is 1. The van der Waals surface area contributed by atoms with E-state index in [-0.39, 0.29) is 0 Å². The first-order valence-electron chi connectivity index (χ1n) is 7.54. The number of sulfonamides is 1. The predicted octanol–water partition coefficient (Wildman–Crippen LogP) is 0.596. The molecule has 112 valence electrons. The van der Waals surface area contributed by atoms with Crippen LogP contribution in [0.25, 0.3) is 0 Å². The molecule has 0 saturated carbocycles. The molecule has 1 aliphatic heterocycles. The molecule has 0 aliphatic carbocycles. The van der Waals surface area contributed by atoms with E-state index in [4.69, 9.17) is 0 Å². The molecule has 0 spiro atoms. The van der Waals surface area contributed by atoms with Crippen molar-refractivity contribution in [1.82, 2.24) is 4.72 Å². The molecule has 0 unspecified atom stereocenters. The number of benzene rings is 1. The lowest BCUT2D eigenvalue weighted by Crippen LogP contribution is -3.10. The van der Waals surface area contributed by atoms with Crippen LogP contribution in [0.15, 0.2) is 29.2 Å². The minimum absolute atomic E-state index is 0.364. The molecule has 20 heavy (non-hydrogen) atoms. The molecule has 0 bridgehead atoms. The Kier molecular flexibility index (Phi) is 5.57.